The van der Waals surface area contributed by atoms with E-state index in [4.69, 9.17) is 0 Å². The van der Waals surface area contributed by atoms with Crippen LogP contribution in [-0.2, 0) is 4.79 Å². The quantitative estimate of drug-likeness (QED) is 0.623. The zero-order chi connectivity index (χ0) is 19.6. The van der Waals surface area contributed by atoms with E-state index in [1.807, 2.05) is 31.2 Å². The Bertz CT molecular complexity index is 895. The highest BCUT2D eigenvalue weighted by Crippen LogP contribution is 2.29. The largest absolute Gasteiger partial charge is 0.368 e. The van der Waals surface area contributed by atoms with Crippen molar-refractivity contribution in [3.8, 4) is 0 Å². The molecule has 1 aliphatic rings. The molecular weight excluding hydrogens is 348 g/mol. The van der Waals surface area contributed by atoms with E-state index in [0.29, 0.717) is 13.0 Å². The number of hydrogen-bond acceptors (Lipinski definition) is 5. The van der Waals surface area contributed by atoms with Crippen molar-refractivity contribution in [3.63, 3.8) is 0 Å². The van der Waals surface area contributed by atoms with Gasteiger partial charge in [-0.15, -0.1) is 0 Å². The first-order valence-electron chi connectivity index (χ1n) is 8.56. The third-order valence-electron chi connectivity index (χ3n) is 4.56. The summed E-state index contributed by atoms with van der Waals surface area (Å²) in [5, 5.41) is 16.8. The average molecular weight is 368 g/mol. The van der Waals surface area contributed by atoms with Crippen LogP contribution in [0.25, 0.3) is 0 Å². The highest BCUT2D eigenvalue weighted by Gasteiger charge is 2.33. The number of amides is 2. The molecule has 2 aromatic rings. The molecule has 1 aliphatic heterocycles. The summed E-state index contributed by atoms with van der Waals surface area (Å²) in [6.07, 6.45) is 0.529. The highest BCUT2D eigenvalue weighted by atomic mass is 16.6. The lowest BCUT2D eigenvalue weighted by Crippen LogP contribution is -2.33. The molecule has 3 rings (SSSR count). The van der Waals surface area contributed by atoms with E-state index in [9.17, 15) is 19.7 Å². The lowest BCUT2D eigenvalue weighted by molar-refractivity contribution is -0.384. The molecule has 27 heavy (non-hydrogen) atoms. The molecule has 1 fully saturated rings. The number of aryl methyl sites for hydroxylation is 1. The molecule has 2 aromatic carbocycles. The average Bonchev–Trinajstić information content (AvgIpc) is 3.02. The topological polar surface area (TPSA) is 105 Å². The van der Waals surface area contributed by atoms with Gasteiger partial charge in [-0.25, -0.2) is 0 Å². The van der Waals surface area contributed by atoms with E-state index in [0.717, 1.165) is 11.3 Å². The third-order valence-corrected chi connectivity index (χ3v) is 4.56. The summed E-state index contributed by atoms with van der Waals surface area (Å²) in [5.41, 5.74) is 2.08. The van der Waals surface area contributed by atoms with Crippen LogP contribution < -0.4 is 15.5 Å². The predicted octanol–water partition coefficient (Wildman–Crippen LogP) is 2.48. The second kappa shape index (κ2) is 7.45. The third kappa shape index (κ3) is 3.74. The summed E-state index contributed by atoms with van der Waals surface area (Å²) >= 11 is 0. The number of nitrogens with zero attached hydrogens (tertiary/aromatic N) is 2. The van der Waals surface area contributed by atoms with E-state index < -0.39 is 16.9 Å². The summed E-state index contributed by atoms with van der Waals surface area (Å²) in [4.78, 5) is 36.9. The first-order valence-corrected chi connectivity index (χ1v) is 8.56. The van der Waals surface area contributed by atoms with Gasteiger partial charge in [-0.2, -0.15) is 0 Å². The maximum absolute atomic E-state index is 12.7. The number of carbonyl (C=O) groups excluding carboxylic acids is 2. The highest BCUT2D eigenvalue weighted by molar-refractivity contribution is 6.01. The molecular formula is C19H20N4O4. The summed E-state index contributed by atoms with van der Waals surface area (Å²) in [7, 11) is 1.46. The molecule has 0 radical (unpaired) electrons. The molecule has 1 atom stereocenters. The van der Waals surface area contributed by atoms with Crippen molar-refractivity contribution in [2.75, 3.05) is 23.8 Å². The number of nitrogens with one attached hydrogen (secondary N) is 2. The van der Waals surface area contributed by atoms with Crippen molar-refractivity contribution in [1.29, 1.82) is 0 Å². The summed E-state index contributed by atoms with van der Waals surface area (Å²) in [5.74, 6) is -0.546. The monoisotopic (exact) mass is 368 g/mol. The Morgan fingerprint density at radius 1 is 1.22 bits per heavy atom. The normalized spacial score (nSPS) is 16.3. The number of hydrogen-bond donors (Lipinski definition) is 2. The summed E-state index contributed by atoms with van der Waals surface area (Å²) in [6, 6.07) is 11.2. The van der Waals surface area contributed by atoms with Crippen LogP contribution in [0, 0.1) is 17.0 Å². The van der Waals surface area contributed by atoms with E-state index in [1.54, 1.807) is 4.90 Å². The number of benzene rings is 2. The van der Waals surface area contributed by atoms with Crippen molar-refractivity contribution in [2.45, 2.75) is 19.4 Å². The van der Waals surface area contributed by atoms with Crippen molar-refractivity contribution in [3.05, 3.63) is 63.7 Å². The van der Waals surface area contributed by atoms with Crippen LogP contribution in [-0.4, -0.2) is 36.4 Å². The van der Waals surface area contributed by atoms with Gasteiger partial charge < -0.3 is 15.5 Å². The Labute approximate surface area is 156 Å². The van der Waals surface area contributed by atoms with Crippen LogP contribution in [0.4, 0.5) is 17.1 Å². The van der Waals surface area contributed by atoms with Crippen molar-refractivity contribution < 1.29 is 14.5 Å². The van der Waals surface area contributed by atoms with Gasteiger partial charge in [-0.3, -0.25) is 19.7 Å². The molecule has 2 N–H and O–H groups in total. The van der Waals surface area contributed by atoms with Crippen LogP contribution in [0.2, 0.25) is 0 Å². The SMILES string of the molecule is CNC(=O)c1ccc(NC2CCN(c3ccc(C)cc3)C2=O)c([N+](=O)[O-])c1. The maximum atomic E-state index is 12.7. The molecule has 0 bridgehead atoms. The summed E-state index contributed by atoms with van der Waals surface area (Å²) in [6.45, 7) is 2.51. The molecule has 1 saturated heterocycles. The van der Waals surface area contributed by atoms with Gasteiger partial charge in [0.1, 0.15) is 11.7 Å². The van der Waals surface area contributed by atoms with Crippen LogP contribution in [0.15, 0.2) is 42.5 Å². The van der Waals surface area contributed by atoms with Crippen LogP contribution in [0.5, 0.6) is 0 Å². The Balaban J connectivity index is 1.81. The number of anilines is 2. The fourth-order valence-corrected chi connectivity index (χ4v) is 3.07. The Morgan fingerprint density at radius 3 is 2.56 bits per heavy atom. The molecule has 0 saturated carbocycles. The van der Waals surface area contributed by atoms with Gasteiger partial charge in [-0.1, -0.05) is 17.7 Å². The van der Waals surface area contributed by atoms with Crippen molar-refractivity contribution in [2.24, 2.45) is 0 Å². The van der Waals surface area contributed by atoms with E-state index in [1.165, 1.54) is 25.2 Å². The second-order valence-corrected chi connectivity index (χ2v) is 6.38. The van der Waals surface area contributed by atoms with Gasteiger partial charge >= 0.3 is 0 Å². The van der Waals surface area contributed by atoms with Gasteiger partial charge in [0.15, 0.2) is 0 Å². The maximum Gasteiger partial charge on any atom is 0.293 e. The van der Waals surface area contributed by atoms with Crippen molar-refractivity contribution >= 4 is 28.9 Å². The molecule has 0 aliphatic carbocycles. The molecule has 8 nitrogen and oxygen atoms in total. The van der Waals surface area contributed by atoms with Gasteiger partial charge in [0.25, 0.3) is 11.6 Å². The number of carbonyl (C=O) groups is 2. The zero-order valence-electron chi connectivity index (χ0n) is 15.1. The zero-order valence-corrected chi connectivity index (χ0v) is 15.1. The Hall–Kier alpha value is -3.42. The molecule has 1 unspecified atom stereocenters. The smallest absolute Gasteiger partial charge is 0.293 e. The number of rotatable bonds is 5. The molecule has 8 heteroatoms. The minimum absolute atomic E-state index is 0.136. The molecule has 1 heterocycles. The Morgan fingerprint density at radius 2 is 1.93 bits per heavy atom. The predicted molar refractivity (Wildman–Crippen MR) is 102 cm³/mol. The van der Waals surface area contributed by atoms with Crippen molar-refractivity contribution in [1.82, 2.24) is 5.32 Å². The first kappa shape index (κ1) is 18.4. The van der Waals surface area contributed by atoms with Crippen LogP contribution in [0.1, 0.15) is 22.3 Å². The number of nitro groups is 1. The lowest BCUT2D eigenvalue weighted by Gasteiger charge is -2.18. The minimum atomic E-state index is -0.564. The fourth-order valence-electron chi connectivity index (χ4n) is 3.07. The van der Waals surface area contributed by atoms with E-state index in [2.05, 4.69) is 10.6 Å². The molecule has 0 aromatic heterocycles. The van der Waals surface area contributed by atoms with Gasteiger partial charge in [0.05, 0.1) is 4.92 Å². The van der Waals surface area contributed by atoms with Crippen LogP contribution in [0.3, 0.4) is 0 Å². The van der Waals surface area contributed by atoms with E-state index >= 15 is 0 Å². The first-order chi connectivity index (χ1) is 12.9. The van der Waals surface area contributed by atoms with Crippen LogP contribution >= 0.6 is 0 Å². The lowest BCUT2D eigenvalue weighted by atomic mass is 10.1. The standard InChI is InChI=1S/C19H20N4O4/c1-12-3-6-14(7-4-12)22-10-9-16(19(22)25)21-15-8-5-13(18(24)20-2)11-17(15)23(26)27/h3-8,11,16,21H,9-10H2,1-2H3,(H,20,24). The number of nitro benzene ring substituents is 1. The van der Waals surface area contributed by atoms with Gasteiger partial charge in [0.2, 0.25) is 5.91 Å². The second-order valence-electron chi connectivity index (χ2n) is 6.38. The van der Waals surface area contributed by atoms with E-state index in [-0.39, 0.29) is 22.8 Å². The molecule has 2 amide bonds. The summed E-state index contributed by atoms with van der Waals surface area (Å²) < 4.78 is 0. The Kier molecular flexibility index (Phi) is 5.07. The minimum Gasteiger partial charge on any atom is -0.368 e. The van der Waals surface area contributed by atoms with Gasteiger partial charge in [0, 0.05) is 30.9 Å². The van der Waals surface area contributed by atoms with Gasteiger partial charge in [-0.05, 0) is 37.6 Å². The fraction of sp³-hybridized carbons (Fsp3) is 0.263. The molecule has 0 spiro atoms. The molecule has 140 valence electrons.